The lowest BCUT2D eigenvalue weighted by molar-refractivity contribution is 0.0945. The van der Waals surface area contributed by atoms with Gasteiger partial charge in [0.2, 0.25) is 0 Å². The van der Waals surface area contributed by atoms with Crippen LogP contribution in [0.2, 0.25) is 0 Å². The van der Waals surface area contributed by atoms with E-state index < -0.39 is 11.6 Å². The number of nitrogens with two attached hydrogens (primary N) is 1. The maximum atomic E-state index is 13.3. The van der Waals surface area contributed by atoms with Crippen LogP contribution in [0.15, 0.2) is 45.6 Å². The number of aromatic nitrogens is 1. The zero-order valence-corrected chi connectivity index (χ0v) is 15.2. The first-order chi connectivity index (χ1) is 13.5. The average molecular weight is 384 g/mol. The van der Waals surface area contributed by atoms with E-state index in [-0.39, 0.29) is 11.6 Å². The number of aromatic amines is 1. The molecule has 0 aliphatic carbocycles. The van der Waals surface area contributed by atoms with Gasteiger partial charge in [-0.2, -0.15) is 0 Å². The Morgan fingerprint density at radius 3 is 2.79 bits per heavy atom. The van der Waals surface area contributed by atoms with Gasteiger partial charge < -0.3 is 20.4 Å². The van der Waals surface area contributed by atoms with E-state index >= 15 is 0 Å². The first-order valence-electron chi connectivity index (χ1n) is 9.20. The third-order valence-electron chi connectivity index (χ3n) is 5.19. The smallest absolute Gasteiger partial charge is 0.408 e. The first-order valence-corrected chi connectivity index (χ1v) is 9.20. The average Bonchev–Trinajstić information content (AvgIpc) is 3.08. The topological polar surface area (TPSA) is 104 Å². The number of rotatable bonds is 4. The molecule has 4 N–H and O–H groups in total. The van der Waals surface area contributed by atoms with Crippen molar-refractivity contribution in [3.63, 3.8) is 0 Å². The van der Waals surface area contributed by atoms with Gasteiger partial charge in [-0.05, 0) is 55.2 Å². The Morgan fingerprint density at radius 2 is 2.04 bits per heavy atom. The van der Waals surface area contributed by atoms with Crippen LogP contribution in [0.5, 0.6) is 0 Å². The van der Waals surface area contributed by atoms with Crippen LogP contribution < -0.4 is 21.7 Å². The molecule has 0 bridgehead atoms. The van der Waals surface area contributed by atoms with E-state index in [2.05, 4.69) is 15.2 Å². The highest BCUT2D eigenvalue weighted by molar-refractivity contribution is 5.96. The molecule has 0 unspecified atom stereocenters. The van der Waals surface area contributed by atoms with E-state index in [9.17, 15) is 14.0 Å². The molecule has 0 atom stereocenters. The fourth-order valence-corrected chi connectivity index (χ4v) is 3.55. The predicted molar refractivity (Wildman–Crippen MR) is 105 cm³/mol. The molecule has 1 aromatic heterocycles. The number of fused-ring (bicyclic) bond motifs is 1. The van der Waals surface area contributed by atoms with Crippen LogP contribution >= 0.6 is 0 Å². The molecule has 1 amide bonds. The summed E-state index contributed by atoms with van der Waals surface area (Å²) in [5.41, 5.74) is 8.11. The fourth-order valence-electron chi connectivity index (χ4n) is 3.55. The zero-order valence-electron chi connectivity index (χ0n) is 15.2. The summed E-state index contributed by atoms with van der Waals surface area (Å²) in [5, 5.41) is 2.95. The van der Waals surface area contributed by atoms with Crippen molar-refractivity contribution < 1.29 is 13.6 Å². The number of oxazole rings is 1. The van der Waals surface area contributed by atoms with Crippen molar-refractivity contribution in [2.45, 2.75) is 12.8 Å². The zero-order chi connectivity index (χ0) is 19.7. The van der Waals surface area contributed by atoms with Crippen LogP contribution in [-0.2, 0) is 0 Å². The molecule has 1 aliphatic heterocycles. The molecule has 0 saturated carbocycles. The Labute approximate surface area is 160 Å². The van der Waals surface area contributed by atoms with Gasteiger partial charge in [-0.25, -0.2) is 9.18 Å². The highest BCUT2D eigenvalue weighted by atomic mass is 19.1. The minimum Gasteiger partial charge on any atom is -0.408 e. The van der Waals surface area contributed by atoms with Gasteiger partial charge in [-0.1, -0.05) is 0 Å². The van der Waals surface area contributed by atoms with Gasteiger partial charge in [0.25, 0.3) is 5.91 Å². The molecule has 7 nitrogen and oxygen atoms in total. The number of anilines is 2. The number of halogens is 1. The fraction of sp³-hybridized carbons (Fsp3) is 0.300. The normalized spacial score (nSPS) is 15.1. The van der Waals surface area contributed by atoms with E-state index in [0.29, 0.717) is 29.1 Å². The predicted octanol–water partition coefficient (Wildman–Crippen LogP) is 2.49. The van der Waals surface area contributed by atoms with Crippen molar-refractivity contribution in [3.8, 4) is 0 Å². The molecular weight excluding hydrogens is 363 g/mol. The number of nitrogens with zero attached hydrogens (tertiary/aromatic N) is 1. The molecule has 2 aromatic carbocycles. The summed E-state index contributed by atoms with van der Waals surface area (Å²) in [5.74, 6) is -0.771. The van der Waals surface area contributed by atoms with Gasteiger partial charge in [0.15, 0.2) is 5.58 Å². The Bertz CT molecular complexity index is 1070. The van der Waals surface area contributed by atoms with E-state index in [0.717, 1.165) is 31.6 Å². The number of carbonyl (C=O) groups excluding carboxylic acids is 1. The van der Waals surface area contributed by atoms with Crippen molar-refractivity contribution in [2.75, 3.05) is 30.3 Å². The maximum Gasteiger partial charge on any atom is 0.417 e. The van der Waals surface area contributed by atoms with Crippen LogP contribution in [0.25, 0.3) is 11.1 Å². The summed E-state index contributed by atoms with van der Waals surface area (Å²) < 4.78 is 18.3. The highest BCUT2D eigenvalue weighted by Crippen LogP contribution is 2.25. The van der Waals surface area contributed by atoms with E-state index in [1.807, 2.05) is 0 Å². The lowest BCUT2D eigenvalue weighted by Gasteiger charge is -2.33. The minimum atomic E-state index is -0.540. The molecule has 2 heterocycles. The minimum absolute atomic E-state index is 0.155. The van der Waals surface area contributed by atoms with Crippen molar-refractivity contribution >= 4 is 28.4 Å². The van der Waals surface area contributed by atoms with Gasteiger partial charge in [-0.3, -0.25) is 9.78 Å². The second-order valence-corrected chi connectivity index (χ2v) is 7.07. The molecule has 0 spiro atoms. The van der Waals surface area contributed by atoms with Gasteiger partial charge in [0, 0.05) is 30.9 Å². The molecule has 146 valence electrons. The third kappa shape index (κ3) is 3.71. The number of nitrogen functional groups attached to an aromatic ring is 1. The summed E-state index contributed by atoms with van der Waals surface area (Å²) in [4.78, 5) is 28.3. The molecule has 0 radical (unpaired) electrons. The second kappa shape index (κ2) is 7.38. The van der Waals surface area contributed by atoms with Gasteiger partial charge in [0.05, 0.1) is 11.2 Å². The van der Waals surface area contributed by atoms with E-state index in [4.69, 9.17) is 10.2 Å². The van der Waals surface area contributed by atoms with E-state index in [1.54, 1.807) is 30.3 Å². The summed E-state index contributed by atoms with van der Waals surface area (Å²) in [6.07, 6.45) is 1.84. The Balaban J connectivity index is 1.31. The molecule has 1 fully saturated rings. The number of piperidine rings is 1. The van der Waals surface area contributed by atoms with Gasteiger partial charge >= 0.3 is 5.76 Å². The number of carbonyl (C=O) groups is 1. The van der Waals surface area contributed by atoms with E-state index in [1.165, 1.54) is 6.07 Å². The van der Waals surface area contributed by atoms with Gasteiger partial charge in [0.1, 0.15) is 5.82 Å². The Morgan fingerprint density at radius 1 is 1.25 bits per heavy atom. The van der Waals surface area contributed by atoms with Crippen LogP contribution in [0.3, 0.4) is 0 Å². The molecule has 3 aromatic rings. The SMILES string of the molecule is Nc1cc(N2CCC(CNC(=O)c3ccc4[nH]c(=O)oc4c3)CC2)ccc1F. The summed E-state index contributed by atoms with van der Waals surface area (Å²) in [7, 11) is 0. The van der Waals surface area contributed by atoms with Crippen LogP contribution in [0.1, 0.15) is 23.2 Å². The quantitative estimate of drug-likeness (QED) is 0.600. The monoisotopic (exact) mass is 384 g/mol. The summed E-state index contributed by atoms with van der Waals surface area (Å²) >= 11 is 0. The molecule has 1 saturated heterocycles. The number of H-pyrrole nitrogens is 1. The standard InChI is InChI=1S/C20H21FN4O3/c21-15-3-2-14(10-16(15)22)25-7-5-12(6-8-25)11-23-19(26)13-1-4-17-18(9-13)28-20(27)24-17/h1-4,9-10,12H,5-8,11,22H2,(H,23,26)(H,24,27). The molecule has 28 heavy (non-hydrogen) atoms. The number of hydrogen-bond donors (Lipinski definition) is 3. The van der Waals surface area contributed by atoms with Crippen molar-refractivity contribution in [2.24, 2.45) is 5.92 Å². The van der Waals surface area contributed by atoms with Crippen molar-refractivity contribution in [1.82, 2.24) is 10.3 Å². The number of benzene rings is 2. The molecular formula is C20H21FN4O3. The Kier molecular flexibility index (Phi) is 4.77. The number of nitrogens with one attached hydrogen (secondary N) is 2. The molecule has 1 aliphatic rings. The largest absolute Gasteiger partial charge is 0.417 e. The third-order valence-corrected chi connectivity index (χ3v) is 5.19. The lowest BCUT2D eigenvalue weighted by Crippen LogP contribution is -2.38. The summed E-state index contributed by atoms with van der Waals surface area (Å²) in [6, 6.07) is 9.66. The Hall–Kier alpha value is -3.29. The molecule has 4 rings (SSSR count). The summed E-state index contributed by atoms with van der Waals surface area (Å²) in [6.45, 7) is 2.23. The van der Waals surface area contributed by atoms with Crippen LogP contribution in [0.4, 0.5) is 15.8 Å². The van der Waals surface area contributed by atoms with Crippen molar-refractivity contribution in [3.05, 3.63) is 58.3 Å². The maximum absolute atomic E-state index is 13.3. The number of amides is 1. The lowest BCUT2D eigenvalue weighted by atomic mass is 9.96. The first kappa shape index (κ1) is 18.1. The van der Waals surface area contributed by atoms with Crippen molar-refractivity contribution in [1.29, 1.82) is 0 Å². The second-order valence-electron chi connectivity index (χ2n) is 7.07. The van der Waals surface area contributed by atoms with Gasteiger partial charge in [-0.15, -0.1) is 0 Å². The van der Waals surface area contributed by atoms with Crippen LogP contribution in [0, 0.1) is 11.7 Å². The number of hydrogen-bond acceptors (Lipinski definition) is 5. The highest BCUT2D eigenvalue weighted by Gasteiger charge is 2.21. The molecule has 8 heteroatoms. The van der Waals surface area contributed by atoms with Crippen LogP contribution in [-0.4, -0.2) is 30.5 Å².